The van der Waals surface area contributed by atoms with Gasteiger partial charge in [0.05, 0.1) is 5.02 Å². The van der Waals surface area contributed by atoms with E-state index in [-0.39, 0.29) is 29.5 Å². The molecule has 0 radical (unpaired) electrons. The van der Waals surface area contributed by atoms with Crippen LogP contribution in [0.4, 0.5) is 13.2 Å². The van der Waals surface area contributed by atoms with Gasteiger partial charge in [0.25, 0.3) is 5.91 Å². The highest BCUT2D eigenvalue weighted by atomic mass is 35.5. The minimum atomic E-state index is -4.81. The van der Waals surface area contributed by atoms with Crippen molar-refractivity contribution in [2.45, 2.75) is 12.5 Å². The Morgan fingerprint density at radius 1 is 1.15 bits per heavy atom. The Morgan fingerprint density at radius 2 is 1.81 bits per heavy atom. The van der Waals surface area contributed by atoms with Gasteiger partial charge in [0, 0.05) is 12.1 Å². The van der Waals surface area contributed by atoms with Gasteiger partial charge in [-0.05, 0) is 36.4 Å². The van der Waals surface area contributed by atoms with Crippen LogP contribution in [0.15, 0.2) is 42.5 Å². The molecule has 0 bridgehead atoms. The average molecular weight is 424 g/mol. The van der Waals surface area contributed by atoms with Crippen molar-refractivity contribution in [2.75, 3.05) is 13.2 Å². The van der Waals surface area contributed by atoms with Gasteiger partial charge >= 0.3 is 6.36 Å². The Kier molecular flexibility index (Phi) is 7.18. The predicted octanol–water partition coefficient (Wildman–Crippen LogP) is 4.06. The number of hydrogen-bond acceptors (Lipinski definition) is 4. The van der Waals surface area contributed by atoms with Gasteiger partial charge in [0.15, 0.2) is 0 Å². The molecule has 146 valence electrons. The van der Waals surface area contributed by atoms with Crippen LogP contribution in [0.25, 0.3) is 0 Å². The first-order chi connectivity index (χ1) is 12.7. The van der Waals surface area contributed by atoms with E-state index < -0.39 is 24.1 Å². The van der Waals surface area contributed by atoms with Crippen molar-refractivity contribution in [2.24, 2.45) is 0 Å². The highest BCUT2D eigenvalue weighted by molar-refractivity contribution is 6.42. The van der Waals surface area contributed by atoms with Gasteiger partial charge in [-0.3, -0.25) is 4.79 Å². The highest BCUT2D eigenvalue weighted by Gasteiger charge is 2.31. The first-order valence-electron chi connectivity index (χ1n) is 7.54. The number of aliphatic hydroxyl groups is 1. The number of halogens is 5. The lowest BCUT2D eigenvalue weighted by atomic mass is 10.2. The second-order valence-corrected chi connectivity index (χ2v) is 6.08. The van der Waals surface area contributed by atoms with Crippen LogP contribution in [-0.2, 0) is 0 Å². The van der Waals surface area contributed by atoms with E-state index in [4.69, 9.17) is 27.9 Å². The second-order valence-electron chi connectivity index (χ2n) is 5.30. The summed E-state index contributed by atoms with van der Waals surface area (Å²) in [5.41, 5.74) is 0.107. The minimum Gasteiger partial charge on any atom is -0.489 e. The molecule has 2 rings (SSSR count). The molecule has 1 atom stereocenters. The number of aliphatic hydroxyl groups excluding tert-OH is 1. The third-order valence-electron chi connectivity index (χ3n) is 3.20. The average Bonchev–Trinajstić information content (AvgIpc) is 2.60. The van der Waals surface area contributed by atoms with Crippen LogP contribution < -0.4 is 14.8 Å². The van der Waals surface area contributed by atoms with Crippen LogP contribution in [0.1, 0.15) is 10.4 Å². The van der Waals surface area contributed by atoms with Crippen molar-refractivity contribution < 1.29 is 32.5 Å². The van der Waals surface area contributed by atoms with Crippen molar-refractivity contribution in [3.05, 3.63) is 58.1 Å². The summed E-state index contributed by atoms with van der Waals surface area (Å²) in [4.78, 5) is 12.0. The lowest BCUT2D eigenvalue weighted by molar-refractivity contribution is -0.274. The van der Waals surface area contributed by atoms with Gasteiger partial charge in [-0.25, -0.2) is 0 Å². The summed E-state index contributed by atoms with van der Waals surface area (Å²) in [5.74, 6) is -0.728. The molecule has 0 aliphatic rings. The molecule has 0 aliphatic heterocycles. The highest BCUT2D eigenvalue weighted by Crippen LogP contribution is 2.31. The van der Waals surface area contributed by atoms with Crippen molar-refractivity contribution in [3.8, 4) is 11.5 Å². The number of hydrogen-bond donors (Lipinski definition) is 2. The number of amides is 1. The maximum absolute atomic E-state index is 12.1. The Hall–Kier alpha value is -2.16. The molecule has 5 nitrogen and oxygen atoms in total. The number of alkyl halides is 3. The van der Waals surface area contributed by atoms with E-state index in [1.165, 1.54) is 12.1 Å². The first-order valence-corrected chi connectivity index (χ1v) is 8.30. The van der Waals surface area contributed by atoms with Gasteiger partial charge in [-0.1, -0.05) is 29.3 Å². The summed E-state index contributed by atoms with van der Waals surface area (Å²) in [7, 11) is 0. The molecule has 0 aromatic heterocycles. The monoisotopic (exact) mass is 423 g/mol. The van der Waals surface area contributed by atoms with Crippen molar-refractivity contribution in [3.63, 3.8) is 0 Å². The van der Waals surface area contributed by atoms with E-state index in [9.17, 15) is 23.1 Å². The van der Waals surface area contributed by atoms with Gasteiger partial charge < -0.3 is 19.9 Å². The number of ether oxygens (including phenoxy) is 2. The molecule has 2 aromatic carbocycles. The third kappa shape index (κ3) is 6.82. The van der Waals surface area contributed by atoms with E-state index >= 15 is 0 Å². The topological polar surface area (TPSA) is 67.8 Å². The van der Waals surface area contributed by atoms with Gasteiger partial charge in [-0.15, -0.1) is 13.2 Å². The molecular formula is C17H14Cl2F3NO4. The molecule has 2 N–H and O–H groups in total. The zero-order valence-corrected chi connectivity index (χ0v) is 15.1. The van der Waals surface area contributed by atoms with Crippen LogP contribution in [0.3, 0.4) is 0 Å². The van der Waals surface area contributed by atoms with Gasteiger partial charge in [0.2, 0.25) is 0 Å². The fourth-order valence-electron chi connectivity index (χ4n) is 1.96. The molecule has 0 saturated carbocycles. The lowest BCUT2D eigenvalue weighted by Crippen LogP contribution is -2.35. The smallest absolute Gasteiger partial charge is 0.489 e. The lowest BCUT2D eigenvalue weighted by Gasteiger charge is -2.14. The van der Waals surface area contributed by atoms with Crippen LogP contribution in [-0.4, -0.2) is 36.6 Å². The molecule has 0 spiro atoms. The maximum Gasteiger partial charge on any atom is 0.573 e. The summed E-state index contributed by atoms with van der Waals surface area (Å²) in [5, 5.41) is 12.8. The second kappa shape index (κ2) is 9.16. The largest absolute Gasteiger partial charge is 0.573 e. The molecule has 0 heterocycles. The zero-order valence-electron chi connectivity index (χ0n) is 13.6. The van der Waals surface area contributed by atoms with Crippen LogP contribution in [0, 0.1) is 0 Å². The number of carbonyl (C=O) groups excluding carboxylic acids is 1. The molecule has 2 aromatic rings. The standard InChI is InChI=1S/C17H14Cl2F3NO4/c18-13-2-1-3-14(15(13)19)26-9-11(24)8-23-16(25)10-4-6-12(7-5-10)27-17(20,21)22/h1-7,11,24H,8-9H2,(H,23,25). The molecular weight excluding hydrogens is 410 g/mol. The Balaban J connectivity index is 1.81. The Morgan fingerprint density at radius 3 is 2.44 bits per heavy atom. The number of nitrogens with one attached hydrogen (secondary N) is 1. The third-order valence-corrected chi connectivity index (χ3v) is 4.00. The molecule has 0 saturated heterocycles. The maximum atomic E-state index is 12.1. The summed E-state index contributed by atoms with van der Waals surface area (Å²) in [6, 6.07) is 9.16. The van der Waals surface area contributed by atoms with Crippen LogP contribution >= 0.6 is 23.2 Å². The van der Waals surface area contributed by atoms with Gasteiger partial charge in [-0.2, -0.15) is 0 Å². The Labute approximate surface area is 162 Å². The van der Waals surface area contributed by atoms with Crippen molar-refractivity contribution in [1.82, 2.24) is 5.32 Å². The summed E-state index contributed by atoms with van der Waals surface area (Å²) < 4.78 is 45.3. The summed E-state index contributed by atoms with van der Waals surface area (Å²) in [6.07, 6.45) is -5.85. The normalized spacial score (nSPS) is 12.4. The molecule has 10 heteroatoms. The van der Waals surface area contributed by atoms with E-state index in [0.717, 1.165) is 12.1 Å². The molecule has 27 heavy (non-hydrogen) atoms. The minimum absolute atomic E-state index is 0.107. The summed E-state index contributed by atoms with van der Waals surface area (Å²) >= 11 is 11.8. The first kappa shape index (κ1) is 21.1. The fraction of sp³-hybridized carbons (Fsp3) is 0.235. The summed E-state index contributed by atoms with van der Waals surface area (Å²) in [6.45, 7) is -0.295. The Bertz CT molecular complexity index is 785. The van der Waals surface area contributed by atoms with E-state index in [1.807, 2.05) is 0 Å². The van der Waals surface area contributed by atoms with Gasteiger partial charge in [0.1, 0.15) is 29.2 Å². The molecule has 1 amide bonds. The SMILES string of the molecule is O=C(NCC(O)COc1cccc(Cl)c1Cl)c1ccc(OC(F)(F)F)cc1. The number of benzene rings is 2. The fourth-order valence-corrected chi connectivity index (χ4v) is 2.31. The molecule has 0 aliphatic carbocycles. The van der Waals surface area contributed by atoms with E-state index in [2.05, 4.69) is 10.1 Å². The van der Waals surface area contributed by atoms with Crippen molar-refractivity contribution >= 4 is 29.1 Å². The molecule has 0 fully saturated rings. The van der Waals surface area contributed by atoms with Crippen LogP contribution in [0.5, 0.6) is 11.5 Å². The van der Waals surface area contributed by atoms with Crippen LogP contribution in [0.2, 0.25) is 10.0 Å². The number of carbonyl (C=O) groups is 1. The van der Waals surface area contributed by atoms with E-state index in [1.54, 1.807) is 18.2 Å². The van der Waals surface area contributed by atoms with Crippen molar-refractivity contribution in [1.29, 1.82) is 0 Å². The zero-order chi connectivity index (χ0) is 20.0. The number of rotatable bonds is 7. The quantitative estimate of drug-likeness (QED) is 0.704. The molecule has 1 unspecified atom stereocenters. The van der Waals surface area contributed by atoms with E-state index in [0.29, 0.717) is 5.02 Å². The predicted molar refractivity (Wildman–Crippen MR) is 93.4 cm³/mol.